The fourth-order valence-electron chi connectivity index (χ4n) is 0.124. The van der Waals surface area contributed by atoms with Crippen molar-refractivity contribution in [1.82, 2.24) is 0 Å². The Morgan fingerprint density at radius 2 is 1.83 bits per heavy atom. The molecule has 0 unspecified atom stereocenters. The van der Waals surface area contributed by atoms with Gasteiger partial charge in [-0.25, -0.2) is 4.79 Å². The number of hydrogen-bond donors (Lipinski definition) is 0. The molecule has 12 heavy (non-hydrogen) atoms. The predicted octanol–water partition coefficient (Wildman–Crippen LogP) is 3.01. The summed E-state index contributed by atoms with van der Waals surface area (Å²) in [7, 11) is 0. The molecule has 0 radical (unpaired) electrons. The predicted molar refractivity (Wildman–Crippen MR) is 58.2 cm³/mol. The van der Waals surface area contributed by atoms with Gasteiger partial charge in [0.05, 0.1) is 5.33 Å². The first-order valence-corrected chi connectivity index (χ1v) is 5.42. The van der Waals surface area contributed by atoms with E-state index in [9.17, 15) is 9.59 Å². The number of carbonyl (C=O) groups excluding carboxylic acids is 2. The van der Waals surface area contributed by atoms with E-state index < -0.39 is 4.88 Å². The molecule has 0 aromatic carbocycles. The molecule has 0 fully saturated rings. The van der Waals surface area contributed by atoms with Crippen molar-refractivity contribution in [1.29, 1.82) is 0 Å². The second-order valence-electron chi connectivity index (χ2n) is 1.33. The van der Waals surface area contributed by atoms with E-state index in [2.05, 4.69) is 59.1 Å². The number of hydrogen-bond acceptors (Lipinski definition) is 3. The van der Waals surface area contributed by atoms with Crippen molar-refractivity contribution >= 4 is 57.4 Å². The van der Waals surface area contributed by atoms with Gasteiger partial charge in [0.2, 0.25) is 4.69 Å². The maximum atomic E-state index is 9.85. The molecule has 0 N–H and O–H groups in total. The van der Waals surface area contributed by atoms with Crippen LogP contribution < -0.4 is 0 Å². The van der Waals surface area contributed by atoms with E-state index in [1.54, 1.807) is 0 Å². The zero-order valence-electron chi connectivity index (χ0n) is 6.06. The molecule has 0 aromatic rings. The van der Waals surface area contributed by atoms with Crippen LogP contribution in [-0.4, -0.2) is 21.5 Å². The van der Waals surface area contributed by atoms with Gasteiger partial charge < -0.3 is 4.74 Å². The first-order chi connectivity index (χ1) is 5.54. The molecule has 0 saturated heterocycles. The molecule has 0 bridgehead atoms. The van der Waals surface area contributed by atoms with Crippen molar-refractivity contribution in [2.75, 3.05) is 11.9 Å². The molecule has 70 valence electrons. The Kier molecular flexibility index (Phi) is 14.0. The molecule has 0 aliphatic heterocycles. The van der Waals surface area contributed by atoms with E-state index in [-0.39, 0.29) is 11.3 Å². The van der Waals surface area contributed by atoms with Gasteiger partial charge in [-0.15, -0.1) is 0 Å². The van der Waals surface area contributed by atoms with Gasteiger partial charge in [-0.05, 0) is 15.9 Å². The van der Waals surface area contributed by atoms with Crippen LogP contribution in [0.5, 0.6) is 0 Å². The highest BCUT2D eigenvalue weighted by atomic mass is 79.9. The minimum Gasteiger partial charge on any atom is -0.453 e. The number of halogens is 3. The minimum absolute atomic E-state index is 0.0162. The van der Waals surface area contributed by atoms with Crippen molar-refractivity contribution < 1.29 is 14.3 Å². The third-order valence-corrected chi connectivity index (χ3v) is 2.19. The van der Waals surface area contributed by atoms with Gasteiger partial charge in [0.1, 0.15) is 6.61 Å². The zero-order chi connectivity index (χ0) is 9.98. The van der Waals surface area contributed by atoms with Crippen LogP contribution in [-0.2, 0) is 9.53 Å². The lowest BCUT2D eigenvalue weighted by Gasteiger charge is -1.89. The van der Waals surface area contributed by atoms with Gasteiger partial charge in [0, 0.05) is 15.9 Å². The van der Waals surface area contributed by atoms with Crippen molar-refractivity contribution in [3.05, 3.63) is 12.7 Å². The lowest BCUT2D eigenvalue weighted by molar-refractivity contribution is -0.108. The zero-order valence-corrected chi connectivity index (χ0v) is 10.8. The first-order valence-electron chi connectivity index (χ1n) is 2.72. The lowest BCUT2D eigenvalue weighted by atomic mass is 10.7. The number of rotatable bonds is 3. The molecule has 0 saturated carbocycles. The Balaban J connectivity index is 0. The molecule has 0 aliphatic rings. The summed E-state index contributed by atoms with van der Waals surface area (Å²) in [5.41, 5.74) is 0. The monoisotopic (exact) mass is 364 g/mol. The van der Waals surface area contributed by atoms with Crippen LogP contribution in [0.25, 0.3) is 0 Å². The number of alkyl halides is 1. The number of ether oxygens (including phenoxy) is 1. The van der Waals surface area contributed by atoms with Gasteiger partial charge in [0.15, 0.2) is 0 Å². The van der Waals surface area contributed by atoms with Gasteiger partial charge in [0.25, 0.3) is 0 Å². The van der Waals surface area contributed by atoms with Crippen LogP contribution in [0.4, 0.5) is 4.79 Å². The standard InChI is InChI=1S/C4H5BrO2.C2H2Br2O/c1-2-3-7-4(5)6;3-1-2(4)5/h2H,1,3H2;1H2. The normalized spacial score (nSPS) is 7.58. The summed E-state index contributed by atoms with van der Waals surface area (Å²) in [6, 6.07) is 0. The van der Waals surface area contributed by atoms with E-state index in [0.29, 0.717) is 5.33 Å². The van der Waals surface area contributed by atoms with Crippen molar-refractivity contribution in [3.63, 3.8) is 0 Å². The topological polar surface area (TPSA) is 43.4 Å². The summed E-state index contributed by atoms with van der Waals surface area (Å²) in [4.78, 5) is 19.1. The van der Waals surface area contributed by atoms with Gasteiger partial charge in [-0.1, -0.05) is 28.6 Å². The van der Waals surface area contributed by atoms with Crippen molar-refractivity contribution in [2.45, 2.75) is 0 Å². The first kappa shape index (κ1) is 14.8. The SMILES string of the molecule is C=CCOC(=O)Br.O=C(Br)CBr. The van der Waals surface area contributed by atoms with Crippen LogP contribution in [0.3, 0.4) is 0 Å². The summed E-state index contributed by atoms with van der Waals surface area (Å²) in [5, 5.41) is 0.396. The maximum Gasteiger partial charge on any atom is 0.374 e. The fraction of sp³-hybridized carbons (Fsp3) is 0.333. The van der Waals surface area contributed by atoms with Gasteiger partial charge in [-0.3, -0.25) is 4.79 Å². The Hall–Kier alpha value is 0.320. The number of carbonyl (C=O) groups is 2. The summed E-state index contributed by atoms with van der Waals surface area (Å²) >= 11 is 8.17. The average molecular weight is 367 g/mol. The van der Waals surface area contributed by atoms with Crippen LogP contribution in [0.1, 0.15) is 0 Å². The highest BCUT2D eigenvalue weighted by Gasteiger charge is 1.86. The molecule has 0 heterocycles. The van der Waals surface area contributed by atoms with E-state index in [4.69, 9.17) is 0 Å². The van der Waals surface area contributed by atoms with Crippen LogP contribution in [0.2, 0.25) is 0 Å². The second kappa shape index (κ2) is 11.3. The lowest BCUT2D eigenvalue weighted by Crippen LogP contribution is -1.90. The quantitative estimate of drug-likeness (QED) is 0.438. The Morgan fingerprint density at radius 3 is 1.92 bits per heavy atom. The van der Waals surface area contributed by atoms with E-state index in [1.807, 2.05) is 0 Å². The third-order valence-electron chi connectivity index (χ3n) is 0.420. The second-order valence-corrected chi connectivity index (χ2v) is 3.42. The molecule has 0 amide bonds. The van der Waals surface area contributed by atoms with Crippen LogP contribution >= 0.6 is 47.8 Å². The Labute approximate surface area is 95.9 Å². The molecule has 0 spiro atoms. The maximum absolute atomic E-state index is 9.85. The molecule has 0 rings (SSSR count). The van der Waals surface area contributed by atoms with Crippen LogP contribution in [0.15, 0.2) is 12.7 Å². The van der Waals surface area contributed by atoms with E-state index in [1.165, 1.54) is 6.08 Å². The Bertz CT molecular complexity index is 158. The molecular formula is C6H7Br3O3. The smallest absolute Gasteiger partial charge is 0.374 e. The average Bonchev–Trinajstić information content (AvgIpc) is 2.02. The van der Waals surface area contributed by atoms with Gasteiger partial charge in [-0.2, -0.15) is 0 Å². The highest BCUT2D eigenvalue weighted by Crippen LogP contribution is 1.88. The molecular weight excluding hydrogens is 360 g/mol. The third kappa shape index (κ3) is 22.4. The Morgan fingerprint density at radius 1 is 1.42 bits per heavy atom. The summed E-state index contributed by atoms with van der Waals surface area (Å²) < 4.78 is 4.33. The molecule has 0 aromatic heterocycles. The molecule has 6 heteroatoms. The molecule has 3 nitrogen and oxygen atoms in total. The molecule has 0 aliphatic carbocycles. The van der Waals surface area contributed by atoms with E-state index in [0.717, 1.165) is 0 Å². The van der Waals surface area contributed by atoms with Crippen molar-refractivity contribution in [3.8, 4) is 0 Å². The summed E-state index contributed by atoms with van der Waals surface area (Å²) in [5.74, 6) is 0. The van der Waals surface area contributed by atoms with E-state index >= 15 is 0 Å². The fourth-order valence-corrected chi connectivity index (χ4v) is 0.257. The van der Waals surface area contributed by atoms with Crippen LogP contribution in [0, 0.1) is 0 Å². The summed E-state index contributed by atoms with van der Waals surface area (Å²) in [6.45, 7) is 3.60. The minimum atomic E-state index is -0.451. The largest absolute Gasteiger partial charge is 0.453 e. The van der Waals surface area contributed by atoms with Gasteiger partial charge >= 0.3 is 4.88 Å². The molecule has 0 atom stereocenters. The summed E-state index contributed by atoms with van der Waals surface area (Å²) in [6.07, 6.45) is 1.50. The van der Waals surface area contributed by atoms with Crippen molar-refractivity contribution in [2.24, 2.45) is 0 Å². The highest BCUT2D eigenvalue weighted by molar-refractivity contribution is 9.19.